The summed E-state index contributed by atoms with van der Waals surface area (Å²) in [5.74, 6) is 0. The highest BCUT2D eigenvalue weighted by Crippen LogP contribution is 2.41. The third-order valence-electron chi connectivity index (χ3n) is 11.8. The zero-order valence-electron chi connectivity index (χ0n) is 31.0. The predicted molar refractivity (Wildman–Crippen MR) is 240 cm³/mol. The molecule has 0 fully saturated rings. The van der Waals surface area contributed by atoms with Gasteiger partial charge in [-0.15, -0.1) is 0 Å². The van der Waals surface area contributed by atoms with Gasteiger partial charge in [-0.3, -0.25) is 0 Å². The van der Waals surface area contributed by atoms with E-state index in [0.717, 1.165) is 11.4 Å². The topological polar surface area (TPSA) is 14.8 Å². The van der Waals surface area contributed by atoms with Crippen LogP contribution in [-0.2, 0) is 0 Å². The van der Waals surface area contributed by atoms with Gasteiger partial charge in [-0.05, 0) is 95.1 Å². The minimum atomic E-state index is 1.14. The second-order valence-electron chi connectivity index (χ2n) is 15.0. The van der Waals surface area contributed by atoms with Crippen molar-refractivity contribution in [3.8, 4) is 39.3 Å². The molecule has 0 atom stereocenters. The summed E-state index contributed by atoms with van der Waals surface area (Å²) in [5.41, 5.74) is 15.5. The number of para-hydroxylation sites is 4. The largest absolute Gasteiger partial charge is 0.309 e. The van der Waals surface area contributed by atoms with Crippen molar-refractivity contribution in [3.63, 3.8) is 0 Å². The second kappa shape index (κ2) is 12.5. The van der Waals surface area contributed by atoms with Gasteiger partial charge in [0, 0.05) is 49.4 Å². The van der Waals surface area contributed by atoms with Crippen molar-refractivity contribution in [3.05, 3.63) is 212 Å². The first kappa shape index (κ1) is 31.7. The maximum atomic E-state index is 2.43. The molecular weight excluding hydrogens is 691 g/mol. The van der Waals surface area contributed by atoms with E-state index in [9.17, 15) is 0 Å². The molecule has 0 aliphatic rings. The van der Waals surface area contributed by atoms with Crippen LogP contribution in [0, 0.1) is 0 Å². The summed E-state index contributed by atoms with van der Waals surface area (Å²) in [6, 6.07) is 77.4. The highest BCUT2D eigenvalue weighted by Gasteiger charge is 2.19. The van der Waals surface area contributed by atoms with Crippen molar-refractivity contribution < 1.29 is 0 Å². The van der Waals surface area contributed by atoms with E-state index in [4.69, 9.17) is 0 Å². The summed E-state index contributed by atoms with van der Waals surface area (Å²) in [6.45, 7) is 0. The zero-order chi connectivity index (χ0) is 37.5. The molecule has 3 heterocycles. The van der Waals surface area contributed by atoms with Crippen molar-refractivity contribution in [1.29, 1.82) is 0 Å². The molecule has 9 aromatic carbocycles. The molecule has 0 aliphatic carbocycles. The average molecular weight is 726 g/mol. The summed E-state index contributed by atoms with van der Waals surface area (Å²) < 4.78 is 7.26. The third-order valence-corrected chi connectivity index (χ3v) is 11.8. The number of hydrogen-bond donors (Lipinski definition) is 0. The molecule has 12 aromatic rings. The third kappa shape index (κ3) is 4.86. The summed E-state index contributed by atoms with van der Waals surface area (Å²) in [4.78, 5) is 0. The molecule has 3 aromatic heterocycles. The van der Waals surface area contributed by atoms with Crippen LogP contribution in [0.15, 0.2) is 212 Å². The van der Waals surface area contributed by atoms with Crippen molar-refractivity contribution in [2.24, 2.45) is 0 Å². The molecule has 0 aliphatic heterocycles. The number of fused-ring (bicyclic) bond motifs is 9. The van der Waals surface area contributed by atoms with Crippen LogP contribution in [0.3, 0.4) is 0 Å². The van der Waals surface area contributed by atoms with Gasteiger partial charge in [0.25, 0.3) is 0 Å². The van der Waals surface area contributed by atoms with E-state index in [1.54, 1.807) is 0 Å². The predicted octanol–water partition coefficient (Wildman–Crippen LogP) is 14.3. The lowest BCUT2D eigenvalue weighted by Gasteiger charge is -2.12. The minimum Gasteiger partial charge on any atom is -0.309 e. The van der Waals surface area contributed by atoms with Gasteiger partial charge in [0.15, 0.2) is 0 Å². The molecule has 0 amide bonds. The molecule has 0 spiro atoms. The Kier molecular flexibility index (Phi) is 6.93. The van der Waals surface area contributed by atoms with Crippen molar-refractivity contribution in [2.75, 3.05) is 0 Å². The van der Waals surface area contributed by atoms with Crippen LogP contribution in [0.4, 0.5) is 0 Å². The summed E-state index contributed by atoms with van der Waals surface area (Å²) in [6.07, 6.45) is 0. The van der Waals surface area contributed by atoms with Gasteiger partial charge in [-0.25, -0.2) is 0 Å². The van der Waals surface area contributed by atoms with E-state index in [2.05, 4.69) is 226 Å². The molecule has 12 rings (SSSR count). The maximum absolute atomic E-state index is 2.43. The molecule has 3 heteroatoms. The minimum absolute atomic E-state index is 1.14. The Morgan fingerprint density at radius 1 is 0.193 bits per heavy atom. The lowest BCUT2D eigenvalue weighted by Crippen LogP contribution is -1.95. The molecule has 3 nitrogen and oxygen atoms in total. The van der Waals surface area contributed by atoms with Crippen molar-refractivity contribution in [2.45, 2.75) is 0 Å². The number of rotatable bonds is 5. The lowest BCUT2D eigenvalue weighted by atomic mass is 10.0. The lowest BCUT2D eigenvalue weighted by molar-refractivity contribution is 1.17. The Hall–Kier alpha value is -7.62. The Morgan fingerprint density at radius 3 is 1.19 bits per heavy atom. The number of aromatic nitrogens is 3. The van der Waals surface area contributed by atoms with E-state index < -0.39 is 0 Å². The first-order valence-corrected chi connectivity index (χ1v) is 19.6. The molecule has 266 valence electrons. The molecule has 0 unspecified atom stereocenters. The van der Waals surface area contributed by atoms with E-state index >= 15 is 0 Å². The van der Waals surface area contributed by atoms with Gasteiger partial charge < -0.3 is 13.7 Å². The number of benzene rings is 9. The second-order valence-corrected chi connectivity index (χ2v) is 15.0. The SMILES string of the molecule is c1ccc(-c2cccc(-n3c4ccccc4c4ccc(-c5ccc(-n6c7ccccc7c7cc8c(cc76)c6ccccc6n8-c6ccccc6)cc5)cc43)c2)cc1. The Labute approximate surface area is 329 Å². The van der Waals surface area contributed by atoms with Crippen LogP contribution >= 0.6 is 0 Å². The fourth-order valence-corrected chi connectivity index (χ4v) is 9.25. The number of nitrogens with zero attached hydrogens (tertiary/aromatic N) is 3. The molecule has 57 heavy (non-hydrogen) atoms. The highest BCUT2D eigenvalue weighted by atomic mass is 15.0. The first-order valence-electron chi connectivity index (χ1n) is 19.6. The summed E-state index contributed by atoms with van der Waals surface area (Å²) in [5, 5.41) is 7.51. The number of hydrogen-bond acceptors (Lipinski definition) is 0. The molecule has 0 saturated heterocycles. The van der Waals surface area contributed by atoms with Crippen LogP contribution < -0.4 is 0 Å². The first-order chi connectivity index (χ1) is 28.3. The fraction of sp³-hybridized carbons (Fsp3) is 0. The Balaban J connectivity index is 1.01. The quantitative estimate of drug-likeness (QED) is 0.168. The van der Waals surface area contributed by atoms with Gasteiger partial charge in [0.1, 0.15) is 0 Å². The van der Waals surface area contributed by atoms with Gasteiger partial charge >= 0.3 is 0 Å². The van der Waals surface area contributed by atoms with Gasteiger partial charge in [-0.1, -0.05) is 140 Å². The normalized spacial score (nSPS) is 11.9. The monoisotopic (exact) mass is 725 g/mol. The van der Waals surface area contributed by atoms with E-state index in [1.807, 2.05) is 0 Å². The Morgan fingerprint density at radius 2 is 0.579 bits per heavy atom. The van der Waals surface area contributed by atoms with Crippen LogP contribution in [0.2, 0.25) is 0 Å². The summed E-state index contributed by atoms with van der Waals surface area (Å²) in [7, 11) is 0. The van der Waals surface area contributed by atoms with Gasteiger partial charge in [0.05, 0.1) is 33.1 Å². The van der Waals surface area contributed by atoms with E-state index in [1.165, 1.54) is 93.4 Å². The van der Waals surface area contributed by atoms with Crippen LogP contribution in [0.1, 0.15) is 0 Å². The highest BCUT2D eigenvalue weighted by molar-refractivity contribution is 6.19. The maximum Gasteiger partial charge on any atom is 0.0548 e. The molecule has 0 radical (unpaired) electrons. The molecular formula is C54H35N3. The Bertz CT molecular complexity index is 3490. The summed E-state index contributed by atoms with van der Waals surface area (Å²) >= 11 is 0. The van der Waals surface area contributed by atoms with E-state index in [0.29, 0.717) is 0 Å². The van der Waals surface area contributed by atoms with Gasteiger partial charge in [0.2, 0.25) is 0 Å². The smallest absolute Gasteiger partial charge is 0.0548 e. The van der Waals surface area contributed by atoms with Crippen molar-refractivity contribution >= 4 is 65.4 Å². The van der Waals surface area contributed by atoms with Crippen molar-refractivity contribution in [1.82, 2.24) is 13.7 Å². The standard InChI is InChI=1S/C54H35N3/c1-3-14-36(15-4-1)38-16-13-19-42(32-38)57-49-23-10-7-20-43(49)46-31-28-39(33-52(46)57)37-26-29-41(30-27-37)56-51-25-12-9-22-45(51)48-34-53-47(35-54(48)56)44-21-8-11-24-50(44)55(53)40-17-5-2-6-18-40/h1-35H. The van der Waals surface area contributed by atoms with Crippen LogP contribution in [-0.4, -0.2) is 13.7 Å². The zero-order valence-corrected chi connectivity index (χ0v) is 31.0. The molecule has 0 bridgehead atoms. The van der Waals surface area contributed by atoms with Crippen LogP contribution in [0.5, 0.6) is 0 Å². The van der Waals surface area contributed by atoms with Crippen LogP contribution in [0.25, 0.3) is 105 Å². The van der Waals surface area contributed by atoms with E-state index in [-0.39, 0.29) is 0 Å². The van der Waals surface area contributed by atoms with Gasteiger partial charge in [-0.2, -0.15) is 0 Å². The fourth-order valence-electron chi connectivity index (χ4n) is 9.25. The molecule has 0 saturated carbocycles. The average Bonchev–Trinajstić information content (AvgIpc) is 3.91. The molecule has 0 N–H and O–H groups in total.